The lowest BCUT2D eigenvalue weighted by Crippen LogP contribution is -2.70. The van der Waals surface area contributed by atoms with Crippen LogP contribution < -0.4 is 5.73 Å². The maximum absolute atomic E-state index is 11.7. The molecule has 1 saturated heterocycles. The van der Waals surface area contributed by atoms with Crippen molar-refractivity contribution >= 4 is 29.6 Å². The highest BCUT2D eigenvalue weighted by Gasteiger charge is 2.58. The number of amides is 1. The Labute approximate surface area is 112 Å². The Kier molecular flexibility index (Phi) is 2.61. The van der Waals surface area contributed by atoms with E-state index in [-0.39, 0.29) is 28.3 Å². The minimum atomic E-state index is -1.13. The molecule has 4 atom stereocenters. The van der Waals surface area contributed by atoms with Gasteiger partial charge in [0, 0.05) is 13.3 Å². The molecule has 3 rings (SSSR count). The molecular weight excluding hydrogens is 272 g/mol. The lowest BCUT2D eigenvalue weighted by Gasteiger charge is -2.54. The molecular formula is C11H12N2O5S. The first kappa shape index (κ1) is 12.5. The highest BCUT2D eigenvalue weighted by atomic mass is 32.2. The van der Waals surface area contributed by atoms with Crippen LogP contribution in [0.1, 0.15) is 13.3 Å². The largest absolute Gasteiger partial charge is 0.477 e. The van der Waals surface area contributed by atoms with Crippen LogP contribution in [0.4, 0.5) is 0 Å². The van der Waals surface area contributed by atoms with Crippen LogP contribution in [-0.4, -0.2) is 50.6 Å². The Morgan fingerprint density at radius 3 is 2.79 bits per heavy atom. The molecule has 102 valence electrons. The van der Waals surface area contributed by atoms with Crippen molar-refractivity contribution in [2.75, 3.05) is 0 Å². The van der Waals surface area contributed by atoms with Crippen LogP contribution in [0.3, 0.4) is 0 Å². The van der Waals surface area contributed by atoms with E-state index >= 15 is 0 Å². The number of nitrogens with two attached hydrogens (primary N) is 1. The average Bonchev–Trinajstić information content (AvgIpc) is 2.33. The first-order valence-electron chi connectivity index (χ1n) is 5.79. The SMILES string of the molecule is CC(=O)O[C@H]1CC2=C(C(=O)O)N3C(=O)[C@@H](N)[C@H]3S[C@H]21. The van der Waals surface area contributed by atoms with Crippen molar-refractivity contribution in [1.29, 1.82) is 0 Å². The monoisotopic (exact) mass is 284 g/mol. The molecule has 0 aromatic heterocycles. The predicted octanol–water partition coefficient (Wildman–Crippen LogP) is -0.728. The second-order valence-corrected chi connectivity index (χ2v) is 5.98. The van der Waals surface area contributed by atoms with Crippen LogP contribution in [-0.2, 0) is 19.1 Å². The molecule has 19 heavy (non-hydrogen) atoms. The molecule has 1 saturated carbocycles. The third-order valence-electron chi connectivity index (χ3n) is 3.54. The van der Waals surface area contributed by atoms with Gasteiger partial charge in [0.2, 0.25) is 5.91 Å². The average molecular weight is 284 g/mol. The van der Waals surface area contributed by atoms with Gasteiger partial charge in [-0.1, -0.05) is 0 Å². The second kappa shape index (κ2) is 3.97. The summed E-state index contributed by atoms with van der Waals surface area (Å²) >= 11 is 1.40. The van der Waals surface area contributed by atoms with E-state index in [2.05, 4.69) is 0 Å². The molecule has 2 heterocycles. The summed E-state index contributed by atoms with van der Waals surface area (Å²) in [5.41, 5.74) is 6.35. The molecule has 7 nitrogen and oxygen atoms in total. The lowest BCUT2D eigenvalue weighted by atomic mass is 9.84. The summed E-state index contributed by atoms with van der Waals surface area (Å²) in [6.07, 6.45) is 0.0434. The van der Waals surface area contributed by atoms with E-state index in [4.69, 9.17) is 10.5 Å². The Morgan fingerprint density at radius 1 is 1.53 bits per heavy atom. The Morgan fingerprint density at radius 2 is 2.21 bits per heavy atom. The summed E-state index contributed by atoms with van der Waals surface area (Å²) in [6.45, 7) is 1.32. The number of carbonyl (C=O) groups excluding carboxylic acids is 2. The summed E-state index contributed by atoms with van der Waals surface area (Å²) in [5.74, 6) is -1.89. The number of fused-ring (bicyclic) bond motifs is 2. The van der Waals surface area contributed by atoms with E-state index in [0.29, 0.717) is 12.0 Å². The number of ether oxygens (including phenoxy) is 1. The van der Waals surface area contributed by atoms with Gasteiger partial charge in [-0.25, -0.2) is 4.79 Å². The van der Waals surface area contributed by atoms with E-state index < -0.39 is 18.0 Å². The zero-order valence-corrected chi connectivity index (χ0v) is 10.8. The molecule has 3 aliphatic rings. The lowest BCUT2D eigenvalue weighted by molar-refractivity contribution is -0.151. The van der Waals surface area contributed by atoms with E-state index in [0.717, 1.165) is 0 Å². The van der Waals surface area contributed by atoms with Crippen LogP contribution in [0.25, 0.3) is 0 Å². The third-order valence-corrected chi connectivity index (χ3v) is 5.20. The van der Waals surface area contributed by atoms with Crippen LogP contribution in [0.5, 0.6) is 0 Å². The normalized spacial score (nSPS) is 35.9. The van der Waals surface area contributed by atoms with Crippen LogP contribution >= 0.6 is 11.8 Å². The van der Waals surface area contributed by atoms with E-state index in [1.165, 1.54) is 23.6 Å². The van der Waals surface area contributed by atoms with Gasteiger partial charge in [0.05, 0.1) is 5.25 Å². The van der Waals surface area contributed by atoms with Gasteiger partial charge in [0.1, 0.15) is 23.2 Å². The van der Waals surface area contributed by atoms with Crippen molar-refractivity contribution in [3.05, 3.63) is 11.3 Å². The van der Waals surface area contributed by atoms with Crippen LogP contribution in [0, 0.1) is 0 Å². The number of carboxylic acid groups (broad SMARTS) is 1. The molecule has 0 aromatic rings. The van der Waals surface area contributed by atoms with Gasteiger partial charge in [0.25, 0.3) is 0 Å². The molecule has 0 unspecified atom stereocenters. The summed E-state index contributed by atoms with van der Waals surface area (Å²) in [5, 5.41) is 8.68. The molecule has 0 radical (unpaired) electrons. The van der Waals surface area contributed by atoms with Gasteiger partial charge in [-0.15, -0.1) is 11.8 Å². The van der Waals surface area contributed by atoms with Crippen molar-refractivity contribution in [3.63, 3.8) is 0 Å². The third kappa shape index (κ3) is 1.59. The number of nitrogens with zero attached hydrogens (tertiary/aromatic N) is 1. The number of carboxylic acids is 1. The van der Waals surface area contributed by atoms with E-state index in [1.807, 2.05) is 0 Å². The Hall–Kier alpha value is -1.54. The minimum Gasteiger partial charge on any atom is -0.477 e. The molecule has 2 aliphatic heterocycles. The summed E-state index contributed by atoms with van der Waals surface area (Å²) in [6, 6.07) is -0.681. The summed E-state index contributed by atoms with van der Waals surface area (Å²) < 4.78 is 5.12. The van der Waals surface area contributed by atoms with Crippen LogP contribution in [0.2, 0.25) is 0 Å². The Bertz CT molecular complexity index is 531. The highest BCUT2D eigenvalue weighted by molar-refractivity contribution is 8.01. The van der Waals surface area contributed by atoms with Gasteiger partial charge >= 0.3 is 11.9 Å². The molecule has 2 fully saturated rings. The van der Waals surface area contributed by atoms with Crippen LogP contribution in [0.15, 0.2) is 11.3 Å². The minimum absolute atomic E-state index is 0.0175. The Balaban J connectivity index is 1.91. The number of rotatable bonds is 2. The highest BCUT2D eigenvalue weighted by Crippen LogP contribution is 2.52. The standard InChI is InChI=1S/C11H12N2O5S/c1-3(14)18-5-2-4-7(11(16)17)13-9(15)6(12)10(13)19-8(4)5/h5-6,8,10H,2,12H2,1H3,(H,16,17)/t5-,6+,8+,10+/m0/s1. The quantitative estimate of drug-likeness (QED) is 0.508. The number of aliphatic carboxylic acids is 1. The number of β-lactam (4-membered cyclic amide) rings is 1. The first-order chi connectivity index (χ1) is 8.91. The van der Waals surface area contributed by atoms with Crippen molar-refractivity contribution in [1.82, 2.24) is 4.90 Å². The maximum atomic E-state index is 11.7. The smallest absolute Gasteiger partial charge is 0.352 e. The van der Waals surface area contributed by atoms with E-state index in [9.17, 15) is 19.5 Å². The fourth-order valence-electron chi connectivity index (χ4n) is 2.64. The fourth-order valence-corrected chi connectivity index (χ4v) is 4.25. The second-order valence-electron chi connectivity index (χ2n) is 4.71. The van der Waals surface area contributed by atoms with Crippen molar-refractivity contribution in [2.24, 2.45) is 5.73 Å². The molecule has 0 spiro atoms. The molecule has 3 N–H and O–H groups in total. The number of hydrogen-bond donors (Lipinski definition) is 2. The van der Waals surface area contributed by atoms with Crippen molar-refractivity contribution in [2.45, 2.75) is 36.1 Å². The zero-order valence-electron chi connectivity index (χ0n) is 10.0. The zero-order chi connectivity index (χ0) is 13.9. The molecule has 1 amide bonds. The summed E-state index contributed by atoms with van der Waals surface area (Å²) in [4.78, 5) is 35.2. The number of hydrogen-bond acceptors (Lipinski definition) is 6. The van der Waals surface area contributed by atoms with Crippen molar-refractivity contribution < 1.29 is 24.2 Å². The first-order valence-corrected chi connectivity index (χ1v) is 6.73. The number of thioether (sulfide) groups is 1. The number of esters is 1. The van der Waals surface area contributed by atoms with Gasteiger partial charge in [-0.3, -0.25) is 14.5 Å². The predicted molar refractivity (Wildman–Crippen MR) is 64.8 cm³/mol. The van der Waals surface area contributed by atoms with E-state index in [1.54, 1.807) is 0 Å². The molecule has 1 aliphatic carbocycles. The molecule has 0 aromatic carbocycles. The molecule has 0 bridgehead atoms. The summed E-state index contributed by atoms with van der Waals surface area (Å²) in [7, 11) is 0. The van der Waals surface area contributed by atoms with Crippen molar-refractivity contribution in [3.8, 4) is 0 Å². The van der Waals surface area contributed by atoms with Gasteiger partial charge in [-0.05, 0) is 5.57 Å². The molecule has 8 heteroatoms. The fraction of sp³-hybridized carbons (Fsp3) is 0.545. The number of carbonyl (C=O) groups is 3. The maximum Gasteiger partial charge on any atom is 0.352 e. The van der Waals surface area contributed by atoms with Gasteiger partial charge < -0.3 is 15.6 Å². The topological polar surface area (TPSA) is 110 Å². The van der Waals surface area contributed by atoms with Gasteiger partial charge in [-0.2, -0.15) is 0 Å². The van der Waals surface area contributed by atoms with Gasteiger partial charge in [0.15, 0.2) is 0 Å².